The summed E-state index contributed by atoms with van der Waals surface area (Å²) in [6.45, 7) is 0. The Morgan fingerprint density at radius 1 is 1.20 bits per heavy atom. The molecule has 0 heterocycles. The molecule has 1 aromatic rings. The predicted molar refractivity (Wildman–Crippen MR) is 77.7 cm³/mol. The lowest BCUT2D eigenvalue weighted by atomic mass is 10.2. The fourth-order valence-electron chi connectivity index (χ4n) is 1.28. The van der Waals surface area contributed by atoms with Crippen LogP contribution in [0.15, 0.2) is 27.1 Å². The Balaban J connectivity index is 2.70. The maximum Gasteiger partial charge on any atom is 0.326 e. The van der Waals surface area contributed by atoms with E-state index in [0.29, 0.717) is 10.2 Å². The van der Waals surface area contributed by atoms with Crippen LogP contribution in [0.1, 0.15) is 6.42 Å². The number of hydrogen-bond acceptors (Lipinski definition) is 3. The van der Waals surface area contributed by atoms with Gasteiger partial charge in [0, 0.05) is 8.95 Å². The van der Waals surface area contributed by atoms with Crippen molar-refractivity contribution in [1.82, 2.24) is 5.32 Å². The van der Waals surface area contributed by atoms with E-state index in [9.17, 15) is 14.4 Å². The zero-order valence-corrected chi connectivity index (χ0v) is 13.1. The van der Waals surface area contributed by atoms with Gasteiger partial charge in [-0.1, -0.05) is 15.9 Å². The van der Waals surface area contributed by atoms with Gasteiger partial charge in [0.1, 0.15) is 6.04 Å². The van der Waals surface area contributed by atoms with Crippen LogP contribution in [0.2, 0.25) is 0 Å². The molecule has 1 aromatic carbocycles. The Kier molecular flexibility index (Phi) is 5.96. The quantitative estimate of drug-likeness (QED) is 0.595. The number of anilines is 1. The normalized spacial score (nSPS) is 11.5. The summed E-state index contributed by atoms with van der Waals surface area (Å²) in [5.74, 6) is -2.74. The largest absolute Gasteiger partial charge is 0.481 e. The van der Waals surface area contributed by atoms with Crippen molar-refractivity contribution in [3.8, 4) is 0 Å². The van der Waals surface area contributed by atoms with Gasteiger partial charge in [-0.15, -0.1) is 0 Å². The van der Waals surface area contributed by atoms with E-state index < -0.39 is 30.4 Å². The summed E-state index contributed by atoms with van der Waals surface area (Å²) in [4.78, 5) is 32.9. The number of halogens is 2. The van der Waals surface area contributed by atoms with E-state index >= 15 is 0 Å². The average molecular weight is 410 g/mol. The second-order valence-corrected chi connectivity index (χ2v) is 5.48. The van der Waals surface area contributed by atoms with E-state index in [1.165, 1.54) is 0 Å². The molecule has 2 amide bonds. The van der Waals surface area contributed by atoms with Gasteiger partial charge in [0.2, 0.25) is 0 Å². The Morgan fingerprint density at radius 2 is 1.85 bits per heavy atom. The highest BCUT2D eigenvalue weighted by Crippen LogP contribution is 2.25. The molecule has 1 atom stereocenters. The number of benzene rings is 1. The lowest BCUT2D eigenvalue weighted by molar-refractivity contribution is -0.145. The molecular weight excluding hydrogens is 400 g/mol. The minimum Gasteiger partial charge on any atom is -0.481 e. The summed E-state index contributed by atoms with van der Waals surface area (Å²) in [5.41, 5.74) is 0.421. The number of carboxylic acids is 2. The highest BCUT2D eigenvalue weighted by Gasteiger charge is 2.23. The van der Waals surface area contributed by atoms with Gasteiger partial charge in [-0.05, 0) is 34.1 Å². The van der Waals surface area contributed by atoms with E-state index in [0.717, 1.165) is 4.47 Å². The minimum atomic E-state index is -1.50. The molecule has 0 saturated heterocycles. The van der Waals surface area contributed by atoms with E-state index in [1.54, 1.807) is 18.2 Å². The van der Waals surface area contributed by atoms with Gasteiger partial charge in [0.15, 0.2) is 0 Å². The standard InChI is InChI=1S/C11H10Br2N2O5/c12-5-1-2-7(6(13)3-5)14-11(20)15-8(10(18)19)4-9(16)17/h1-3,8H,4H2,(H,16,17)(H,18,19)(H2,14,15,20)/t8-/m0/s1. The third-order valence-electron chi connectivity index (χ3n) is 2.16. The van der Waals surface area contributed by atoms with Crippen molar-refractivity contribution in [3.05, 3.63) is 27.1 Å². The third kappa shape index (κ3) is 5.17. The van der Waals surface area contributed by atoms with Crippen LogP contribution in [0.5, 0.6) is 0 Å². The monoisotopic (exact) mass is 408 g/mol. The molecule has 0 aromatic heterocycles. The van der Waals surface area contributed by atoms with Crippen molar-refractivity contribution >= 4 is 55.5 Å². The van der Waals surface area contributed by atoms with Gasteiger partial charge in [-0.25, -0.2) is 9.59 Å². The van der Waals surface area contributed by atoms with Crippen molar-refractivity contribution in [2.45, 2.75) is 12.5 Å². The van der Waals surface area contributed by atoms with E-state index in [2.05, 4.69) is 42.5 Å². The van der Waals surface area contributed by atoms with E-state index in [1.807, 2.05) is 0 Å². The van der Waals surface area contributed by atoms with Crippen molar-refractivity contribution < 1.29 is 24.6 Å². The summed E-state index contributed by atoms with van der Waals surface area (Å²) >= 11 is 6.48. The fourth-order valence-corrected chi connectivity index (χ4v) is 2.43. The second kappa shape index (κ2) is 7.25. The molecule has 108 valence electrons. The highest BCUT2D eigenvalue weighted by atomic mass is 79.9. The lowest BCUT2D eigenvalue weighted by Crippen LogP contribution is -2.44. The van der Waals surface area contributed by atoms with Gasteiger partial charge in [-0.2, -0.15) is 0 Å². The molecule has 0 saturated carbocycles. The maximum atomic E-state index is 11.6. The first kappa shape index (κ1) is 16.4. The molecule has 0 spiro atoms. The molecule has 0 aliphatic rings. The van der Waals surface area contributed by atoms with Crippen LogP contribution in [0.3, 0.4) is 0 Å². The Hall–Kier alpha value is -1.61. The number of nitrogens with one attached hydrogen (secondary N) is 2. The zero-order chi connectivity index (χ0) is 15.3. The zero-order valence-electron chi connectivity index (χ0n) is 9.89. The van der Waals surface area contributed by atoms with Crippen molar-refractivity contribution in [2.75, 3.05) is 5.32 Å². The molecule has 0 bridgehead atoms. The first-order valence-corrected chi connectivity index (χ1v) is 6.85. The SMILES string of the molecule is O=C(O)C[C@H](NC(=O)Nc1ccc(Br)cc1Br)C(=O)O. The molecule has 0 aliphatic heterocycles. The number of amides is 2. The smallest absolute Gasteiger partial charge is 0.326 e. The molecule has 9 heteroatoms. The number of urea groups is 1. The summed E-state index contributed by atoms with van der Waals surface area (Å²) in [7, 11) is 0. The van der Waals surface area contributed by atoms with Crippen LogP contribution in [0.4, 0.5) is 10.5 Å². The topological polar surface area (TPSA) is 116 Å². The van der Waals surface area contributed by atoms with Crippen LogP contribution in [0.25, 0.3) is 0 Å². The van der Waals surface area contributed by atoms with Crippen LogP contribution >= 0.6 is 31.9 Å². The molecule has 20 heavy (non-hydrogen) atoms. The first-order valence-electron chi connectivity index (χ1n) is 5.26. The molecular formula is C11H10Br2N2O5. The highest BCUT2D eigenvalue weighted by molar-refractivity contribution is 9.11. The summed E-state index contributed by atoms with van der Waals surface area (Å²) in [6, 6.07) is 2.68. The number of carbonyl (C=O) groups excluding carboxylic acids is 1. The number of rotatable bonds is 5. The van der Waals surface area contributed by atoms with Crippen molar-refractivity contribution in [3.63, 3.8) is 0 Å². The molecule has 0 radical (unpaired) electrons. The second-order valence-electron chi connectivity index (χ2n) is 3.71. The molecule has 0 unspecified atom stereocenters. The first-order chi connectivity index (χ1) is 9.29. The molecule has 0 aliphatic carbocycles. The number of hydrogen-bond donors (Lipinski definition) is 4. The average Bonchev–Trinajstić information content (AvgIpc) is 2.31. The molecule has 0 fully saturated rings. The van der Waals surface area contributed by atoms with Gasteiger partial charge in [0.05, 0.1) is 12.1 Å². The van der Waals surface area contributed by atoms with Crippen molar-refractivity contribution in [2.24, 2.45) is 0 Å². The van der Waals surface area contributed by atoms with Crippen LogP contribution in [-0.2, 0) is 9.59 Å². The summed E-state index contributed by atoms with van der Waals surface area (Å²) in [5, 5.41) is 21.9. The Morgan fingerprint density at radius 3 is 2.35 bits per heavy atom. The van der Waals surface area contributed by atoms with Crippen LogP contribution in [-0.4, -0.2) is 34.2 Å². The van der Waals surface area contributed by atoms with E-state index in [4.69, 9.17) is 10.2 Å². The fraction of sp³-hybridized carbons (Fsp3) is 0.182. The van der Waals surface area contributed by atoms with Gasteiger partial charge in [-0.3, -0.25) is 4.79 Å². The number of carboxylic acid groups (broad SMARTS) is 2. The number of carbonyl (C=O) groups is 3. The van der Waals surface area contributed by atoms with E-state index in [-0.39, 0.29) is 0 Å². The van der Waals surface area contributed by atoms with Gasteiger partial charge in [0.25, 0.3) is 0 Å². The van der Waals surface area contributed by atoms with Crippen LogP contribution < -0.4 is 10.6 Å². The Labute approximate surface area is 130 Å². The predicted octanol–water partition coefficient (Wildman–Crippen LogP) is 2.26. The van der Waals surface area contributed by atoms with Gasteiger partial charge >= 0.3 is 18.0 Å². The van der Waals surface area contributed by atoms with Gasteiger partial charge < -0.3 is 20.8 Å². The van der Waals surface area contributed by atoms with Crippen LogP contribution in [0, 0.1) is 0 Å². The summed E-state index contributed by atoms with van der Waals surface area (Å²) in [6.07, 6.45) is -0.704. The molecule has 4 N–H and O–H groups in total. The number of aliphatic carboxylic acids is 2. The molecule has 7 nitrogen and oxygen atoms in total. The Bertz CT molecular complexity index is 550. The molecule has 1 rings (SSSR count). The maximum absolute atomic E-state index is 11.6. The van der Waals surface area contributed by atoms with Crippen molar-refractivity contribution in [1.29, 1.82) is 0 Å². The summed E-state index contributed by atoms with van der Waals surface area (Å²) < 4.78 is 1.39. The lowest BCUT2D eigenvalue weighted by Gasteiger charge is -2.14. The third-order valence-corrected chi connectivity index (χ3v) is 3.31. The minimum absolute atomic E-state index is 0.421.